The summed E-state index contributed by atoms with van der Waals surface area (Å²) < 4.78 is 107. The molecular formula is C25H23F8N3O2. The fraction of sp³-hybridized carbons (Fsp3) is 0.480. The summed E-state index contributed by atoms with van der Waals surface area (Å²) in [6.07, 6.45) is -6.39. The van der Waals surface area contributed by atoms with Crippen molar-refractivity contribution in [1.82, 2.24) is 15.2 Å². The number of carbonyl (C=O) groups excluding carboxylic acids is 2. The molecule has 206 valence electrons. The Labute approximate surface area is 212 Å². The SMILES string of the molecule is CC[C@@H]1CC[C@H](C(=O)NC(c2cc(F)c(C(F)(F)F)cc2F)C2CC2)N1C(=O)c1cncc(C(F)(F)F)c1. The van der Waals surface area contributed by atoms with Gasteiger partial charge in [-0.3, -0.25) is 14.6 Å². The van der Waals surface area contributed by atoms with Gasteiger partial charge >= 0.3 is 12.4 Å². The van der Waals surface area contributed by atoms with E-state index in [0.29, 0.717) is 44.0 Å². The molecular weight excluding hydrogens is 526 g/mol. The van der Waals surface area contributed by atoms with Crippen molar-refractivity contribution >= 4 is 11.8 Å². The molecule has 1 aromatic carbocycles. The van der Waals surface area contributed by atoms with Gasteiger partial charge in [-0.15, -0.1) is 0 Å². The second-order valence-corrected chi connectivity index (χ2v) is 9.50. The Kier molecular flexibility index (Phi) is 7.41. The van der Waals surface area contributed by atoms with Crippen LogP contribution in [0.5, 0.6) is 0 Å². The predicted octanol–water partition coefficient (Wildman–Crippen LogP) is 6.05. The summed E-state index contributed by atoms with van der Waals surface area (Å²) in [7, 11) is 0. The first-order valence-electron chi connectivity index (χ1n) is 11.9. The van der Waals surface area contributed by atoms with E-state index in [2.05, 4.69) is 10.3 Å². The molecule has 3 atom stereocenters. The Bertz CT molecular complexity index is 1230. The number of likely N-dealkylation sites (tertiary alicyclic amines) is 1. The van der Waals surface area contributed by atoms with Crippen molar-refractivity contribution in [3.05, 3.63) is 64.5 Å². The molecule has 1 aliphatic heterocycles. The number of alkyl halides is 6. The first-order chi connectivity index (χ1) is 17.7. The monoisotopic (exact) mass is 549 g/mol. The molecule has 1 N–H and O–H groups in total. The Hall–Kier alpha value is -3.25. The van der Waals surface area contributed by atoms with E-state index in [1.54, 1.807) is 6.92 Å². The van der Waals surface area contributed by atoms with Crippen LogP contribution < -0.4 is 5.32 Å². The molecule has 5 nitrogen and oxygen atoms in total. The Morgan fingerprint density at radius 2 is 1.66 bits per heavy atom. The number of amides is 2. The van der Waals surface area contributed by atoms with Gasteiger partial charge in [0, 0.05) is 24.0 Å². The van der Waals surface area contributed by atoms with E-state index >= 15 is 0 Å². The second kappa shape index (κ2) is 10.1. The minimum absolute atomic E-state index is 0.0470. The summed E-state index contributed by atoms with van der Waals surface area (Å²) in [5.41, 5.74) is -3.72. The van der Waals surface area contributed by atoms with Crippen molar-refractivity contribution in [1.29, 1.82) is 0 Å². The lowest BCUT2D eigenvalue weighted by molar-refractivity contribution is -0.140. The molecule has 0 radical (unpaired) electrons. The maximum Gasteiger partial charge on any atom is 0.419 e. The highest BCUT2D eigenvalue weighted by molar-refractivity contribution is 5.98. The zero-order chi connectivity index (χ0) is 28.0. The Balaban J connectivity index is 1.61. The molecule has 2 heterocycles. The molecule has 13 heteroatoms. The van der Waals surface area contributed by atoms with Gasteiger partial charge in [-0.1, -0.05) is 6.92 Å². The van der Waals surface area contributed by atoms with E-state index < -0.39 is 70.6 Å². The van der Waals surface area contributed by atoms with Crippen molar-refractivity contribution in [2.75, 3.05) is 0 Å². The molecule has 1 saturated carbocycles. The third kappa shape index (κ3) is 5.60. The van der Waals surface area contributed by atoms with Crippen LogP contribution in [0.2, 0.25) is 0 Å². The number of nitrogens with zero attached hydrogens (tertiary/aromatic N) is 2. The van der Waals surface area contributed by atoms with Gasteiger partial charge in [0.25, 0.3) is 5.91 Å². The largest absolute Gasteiger partial charge is 0.419 e. The number of benzene rings is 1. The third-order valence-corrected chi connectivity index (χ3v) is 6.94. The van der Waals surface area contributed by atoms with Crippen LogP contribution in [0.3, 0.4) is 0 Å². The smallest absolute Gasteiger partial charge is 0.347 e. The minimum Gasteiger partial charge on any atom is -0.347 e. The fourth-order valence-electron chi connectivity index (χ4n) is 4.86. The van der Waals surface area contributed by atoms with E-state index in [9.17, 15) is 44.7 Å². The first-order valence-corrected chi connectivity index (χ1v) is 11.9. The molecule has 2 aromatic rings. The van der Waals surface area contributed by atoms with Crippen molar-refractivity contribution in [2.24, 2.45) is 5.92 Å². The molecule has 0 spiro atoms. The van der Waals surface area contributed by atoms with E-state index in [0.717, 1.165) is 6.20 Å². The van der Waals surface area contributed by atoms with Gasteiger partial charge in [0.05, 0.1) is 22.7 Å². The fourth-order valence-corrected chi connectivity index (χ4v) is 4.86. The normalized spacial score (nSPS) is 20.9. The van der Waals surface area contributed by atoms with Crippen molar-refractivity contribution in [3.63, 3.8) is 0 Å². The predicted molar refractivity (Wildman–Crippen MR) is 117 cm³/mol. The lowest BCUT2D eigenvalue weighted by Crippen LogP contribution is -2.49. The van der Waals surface area contributed by atoms with Crippen molar-refractivity contribution < 1.29 is 44.7 Å². The van der Waals surface area contributed by atoms with E-state index in [-0.39, 0.29) is 24.0 Å². The van der Waals surface area contributed by atoms with Crippen LogP contribution in [0.25, 0.3) is 0 Å². The summed E-state index contributed by atoms with van der Waals surface area (Å²) in [5, 5.41) is 2.56. The van der Waals surface area contributed by atoms with Crippen LogP contribution in [0, 0.1) is 17.6 Å². The molecule has 38 heavy (non-hydrogen) atoms. The van der Waals surface area contributed by atoms with Crippen LogP contribution in [0.4, 0.5) is 35.1 Å². The van der Waals surface area contributed by atoms with Crippen LogP contribution in [-0.2, 0) is 17.1 Å². The highest BCUT2D eigenvalue weighted by Crippen LogP contribution is 2.44. The first kappa shape index (κ1) is 27.8. The van der Waals surface area contributed by atoms with E-state index in [1.807, 2.05) is 0 Å². The van der Waals surface area contributed by atoms with Gasteiger partial charge in [0.1, 0.15) is 17.7 Å². The summed E-state index contributed by atoms with van der Waals surface area (Å²) in [5.74, 6) is -4.98. The Morgan fingerprint density at radius 3 is 2.24 bits per heavy atom. The van der Waals surface area contributed by atoms with Gasteiger partial charge in [0.2, 0.25) is 5.91 Å². The number of halogens is 8. The van der Waals surface area contributed by atoms with E-state index in [1.165, 1.54) is 4.90 Å². The number of carbonyl (C=O) groups is 2. The lowest BCUT2D eigenvalue weighted by atomic mass is 9.98. The molecule has 2 fully saturated rings. The minimum atomic E-state index is -5.11. The average Bonchev–Trinajstić information content (AvgIpc) is 3.59. The maximum atomic E-state index is 14.7. The third-order valence-electron chi connectivity index (χ3n) is 6.94. The number of pyridine rings is 1. The average molecular weight is 549 g/mol. The second-order valence-electron chi connectivity index (χ2n) is 9.50. The summed E-state index contributed by atoms with van der Waals surface area (Å²) >= 11 is 0. The molecule has 1 saturated heterocycles. The maximum absolute atomic E-state index is 14.7. The number of nitrogens with one attached hydrogen (secondary N) is 1. The summed E-state index contributed by atoms with van der Waals surface area (Å²) in [6, 6.07) is -1.65. The molecule has 1 unspecified atom stereocenters. The molecule has 1 aliphatic carbocycles. The summed E-state index contributed by atoms with van der Waals surface area (Å²) in [6.45, 7) is 1.74. The highest BCUT2D eigenvalue weighted by atomic mass is 19.4. The number of aromatic nitrogens is 1. The number of hydrogen-bond acceptors (Lipinski definition) is 3. The van der Waals surface area contributed by atoms with Gasteiger partial charge in [-0.25, -0.2) is 8.78 Å². The van der Waals surface area contributed by atoms with Gasteiger partial charge < -0.3 is 10.2 Å². The van der Waals surface area contributed by atoms with E-state index in [4.69, 9.17) is 0 Å². The molecule has 2 amide bonds. The molecule has 2 aliphatic rings. The van der Waals surface area contributed by atoms with Crippen LogP contribution in [0.15, 0.2) is 30.6 Å². The molecule has 0 bridgehead atoms. The summed E-state index contributed by atoms with van der Waals surface area (Å²) in [4.78, 5) is 31.3. The zero-order valence-electron chi connectivity index (χ0n) is 20.0. The van der Waals surface area contributed by atoms with Gasteiger partial charge in [-0.05, 0) is 56.2 Å². The van der Waals surface area contributed by atoms with Gasteiger partial charge in [-0.2, -0.15) is 26.3 Å². The topological polar surface area (TPSA) is 62.3 Å². The lowest BCUT2D eigenvalue weighted by Gasteiger charge is -2.31. The van der Waals surface area contributed by atoms with Gasteiger partial charge in [0.15, 0.2) is 0 Å². The standard InChI is InChI=1S/C25H23F8N3O2/c1-2-15-5-6-20(36(15)23(38)13-7-14(11-34-10-13)24(28,29)30)22(37)35-21(12-3-4-12)16-8-19(27)17(9-18(16)26)25(31,32)33/h7-12,15,20-21H,2-6H2,1H3,(H,35,37)/t15-,20-,21?/m1/s1. The molecule has 4 rings (SSSR count). The number of hydrogen-bond donors (Lipinski definition) is 1. The van der Waals surface area contributed by atoms with Crippen LogP contribution in [-0.4, -0.2) is 33.8 Å². The molecule has 1 aromatic heterocycles. The number of rotatable bonds is 6. The van der Waals surface area contributed by atoms with Crippen LogP contribution >= 0.6 is 0 Å². The van der Waals surface area contributed by atoms with Crippen molar-refractivity contribution in [3.8, 4) is 0 Å². The highest BCUT2D eigenvalue weighted by Gasteiger charge is 2.44. The zero-order valence-corrected chi connectivity index (χ0v) is 20.0. The van der Waals surface area contributed by atoms with Crippen LogP contribution in [0.1, 0.15) is 72.1 Å². The quantitative estimate of drug-likeness (QED) is 0.447. The Morgan fingerprint density at radius 1 is 0.974 bits per heavy atom. The van der Waals surface area contributed by atoms with Crippen molar-refractivity contribution in [2.45, 2.75) is 69.5 Å².